The van der Waals surface area contributed by atoms with Crippen molar-refractivity contribution in [3.8, 4) is 5.75 Å². The van der Waals surface area contributed by atoms with Crippen molar-refractivity contribution in [2.45, 2.75) is 89.8 Å². The number of nitro benzene ring substituents is 3. The van der Waals surface area contributed by atoms with Crippen LogP contribution in [0, 0.1) is 37.5 Å². The lowest BCUT2D eigenvalue weighted by Crippen LogP contribution is -2.40. The molecule has 2 fully saturated rings. The minimum Gasteiger partial charge on any atom is -0.484 e. The van der Waals surface area contributed by atoms with Crippen molar-refractivity contribution >= 4 is 171 Å². The van der Waals surface area contributed by atoms with Crippen LogP contribution < -0.4 is 42.0 Å². The van der Waals surface area contributed by atoms with Crippen LogP contribution in [0.2, 0.25) is 10.0 Å². The van der Waals surface area contributed by atoms with Crippen molar-refractivity contribution in [3.05, 3.63) is 352 Å². The highest BCUT2D eigenvalue weighted by atomic mass is 127. The Hall–Kier alpha value is -11.9. The van der Waals surface area contributed by atoms with Gasteiger partial charge in [-0.15, -0.1) is 0 Å². The molecule has 12 rings (SSSR count). The molecule has 0 bridgehead atoms. The SMILES string of the molecule is C=C(Nc1ccccc1NC(=O)c1cccc(Cl)c1)c1cccc(Cl)c1.CCCNC(=O)CC(=O)c1ccccc1.O=C(COc1ccc(I)cc1)N[C@H]1CCCC1=O.O=C(Cc1cccc([N+](=O)[O-])c1)N[C@H]1CCCC1=O.O=C(NCCc1ccc(Br)cc1)c1ccccc1[N+](=O)[O-].O=C(NCc1ccc(I)cc1)c1ccccc1[N+](=O)[O-]. The lowest BCUT2D eigenvalue weighted by atomic mass is 10.1. The Morgan fingerprint density at radius 1 is 0.496 bits per heavy atom. The average molecular weight is 1940 g/mol. The third-order valence-electron chi connectivity index (χ3n) is 17.3. The van der Waals surface area contributed by atoms with Crippen molar-refractivity contribution in [2.24, 2.45) is 0 Å². The van der Waals surface area contributed by atoms with Crippen LogP contribution >= 0.6 is 84.3 Å². The highest BCUT2D eigenvalue weighted by Gasteiger charge is 2.28. The van der Waals surface area contributed by atoms with Crippen molar-refractivity contribution in [1.82, 2.24) is 26.6 Å². The number of anilines is 2. The predicted octanol–water partition coefficient (Wildman–Crippen LogP) is 17.9. The normalized spacial score (nSPS) is 12.7. The van der Waals surface area contributed by atoms with E-state index in [9.17, 15) is 73.5 Å². The van der Waals surface area contributed by atoms with E-state index in [1.807, 2.05) is 128 Å². The number of carbonyl (C=O) groups excluding carboxylic acids is 9. The number of hydrogen-bond donors (Lipinski definition) is 7. The number of carbonyl (C=O) groups is 9. The molecule has 10 aromatic carbocycles. The van der Waals surface area contributed by atoms with E-state index in [1.54, 1.807) is 78.9 Å². The molecular weight excluding hydrogens is 1860 g/mol. The maximum absolute atomic E-state index is 12.5. The lowest BCUT2D eigenvalue weighted by Gasteiger charge is -2.15. The van der Waals surface area contributed by atoms with Crippen LogP contribution in [-0.2, 0) is 43.4 Å². The molecule has 26 nitrogen and oxygen atoms in total. The second kappa shape index (κ2) is 50.0. The van der Waals surface area contributed by atoms with Crippen molar-refractivity contribution < 1.29 is 62.7 Å². The van der Waals surface area contributed by atoms with Gasteiger partial charge < -0.3 is 42.0 Å². The zero-order valence-corrected chi connectivity index (χ0v) is 71.6. The zero-order valence-electron chi connectivity index (χ0n) is 64.2. The molecule has 0 unspecified atom stereocenters. The number of para-hydroxylation sites is 4. The minimum absolute atomic E-state index is 0.0396. The maximum atomic E-state index is 12.5. The van der Waals surface area contributed by atoms with Gasteiger partial charge >= 0.3 is 0 Å². The second-order valence-corrected chi connectivity index (χ2v) is 30.5. The fourth-order valence-corrected chi connectivity index (χ4v) is 12.7. The number of rotatable bonds is 27. The van der Waals surface area contributed by atoms with E-state index in [-0.39, 0.29) is 101 Å². The molecule has 119 heavy (non-hydrogen) atoms. The number of halogens is 5. The Kier molecular flexibility index (Phi) is 39.6. The molecule has 616 valence electrons. The number of amides is 6. The van der Waals surface area contributed by atoms with E-state index in [0.717, 1.165) is 59.7 Å². The van der Waals surface area contributed by atoms with Gasteiger partial charge in [0, 0.05) is 95.2 Å². The van der Waals surface area contributed by atoms with Crippen molar-refractivity contribution in [3.63, 3.8) is 0 Å². The fraction of sp³-hybridized carbons (Fsp3) is 0.193. The summed E-state index contributed by atoms with van der Waals surface area (Å²) in [6, 6.07) is 70.4. The monoisotopic (exact) mass is 1940 g/mol. The number of benzene rings is 10. The molecule has 0 radical (unpaired) electrons. The van der Waals surface area contributed by atoms with Gasteiger partial charge in [-0.05, 0) is 209 Å². The molecule has 6 amide bonds. The summed E-state index contributed by atoms with van der Waals surface area (Å²) >= 11 is 19.7. The van der Waals surface area contributed by atoms with Crippen LogP contribution in [-0.4, -0.2) is 99.3 Å². The summed E-state index contributed by atoms with van der Waals surface area (Å²) in [5.41, 5.74) is 6.33. The number of ether oxygens (including phenoxy) is 1. The molecule has 0 heterocycles. The number of nitro groups is 3. The third-order valence-corrected chi connectivity index (χ3v) is 19.8. The molecule has 10 aromatic rings. The molecular formula is C88H83BrCl2I2N10O16. The van der Waals surface area contributed by atoms with Crippen molar-refractivity contribution in [2.75, 3.05) is 30.3 Å². The van der Waals surface area contributed by atoms with Gasteiger partial charge in [0.2, 0.25) is 11.8 Å². The first-order valence-electron chi connectivity index (χ1n) is 37.1. The summed E-state index contributed by atoms with van der Waals surface area (Å²) in [6.07, 6.45) is 5.71. The highest BCUT2D eigenvalue weighted by Crippen LogP contribution is 2.28. The van der Waals surface area contributed by atoms with Crippen LogP contribution in [0.1, 0.15) is 122 Å². The summed E-state index contributed by atoms with van der Waals surface area (Å²) < 4.78 is 8.56. The van der Waals surface area contributed by atoms with Crippen LogP contribution in [0.15, 0.2) is 260 Å². The molecule has 31 heteroatoms. The van der Waals surface area contributed by atoms with Gasteiger partial charge in [-0.1, -0.05) is 174 Å². The molecule has 0 spiro atoms. The van der Waals surface area contributed by atoms with Gasteiger partial charge in [0.05, 0.1) is 51.1 Å². The van der Waals surface area contributed by atoms with Crippen LogP contribution in [0.4, 0.5) is 28.4 Å². The standard InChI is InChI=1S/C21H16Cl2N2O.C15H13BrN2O3.C14H11IN2O3.C13H14INO3.C13H14N2O4.C12H15NO2/c1-14(15-6-4-8-17(22)12-15)24-19-10-2-3-11-20(19)25-21(26)16-7-5-9-18(23)13-16;16-12-7-5-11(6-8-12)9-10-17-15(19)13-3-1-2-4-14(13)18(20)21;15-11-7-5-10(6-8-11)9-16-14(18)12-3-1-2-4-13(12)17(19)20;14-9-4-6-10(7-5-9)18-8-13(17)15-11-2-1-3-12(11)16;16-12-6-2-5-11(12)14-13(17)8-9-3-1-4-10(7-9)15(18)19;1-2-8-13-12(15)9-11(14)10-6-4-3-5-7-10/h2-13,24H,1H2,(H,25,26);1-8H,9-10H2,(H,17,19);1-8H,9H2,(H,16,18);4-7,11H,1-3,8H2,(H,15,17);1,3-4,7,11H,2,5-6,8H2,(H,14,17);3-7H,2,8-9H2,1H3,(H,13,15)/t;;;2*11-;/m...00./s1. The van der Waals surface area contributed by atoms with E-state index < -0.39 is 26.6 Å². The van der Waals surface area contributed by atoms with Gasteiger partial charge in [-0.3, -0.25) is 73.5 Å². The Morgan fingerprint density at radius 3 is 1.54 bits per heavy atom. The van der Waals surface area contributed by atoms with Gasteiger partial charge in [0.25, 0.3) is 40.7 Å². The summed E-state index contributed by atoms with van der Waals surface area (Å²) in [4.78, 5) is 136. The van der Waals surface area contributed by atoms with Crippen LogP contribution in [0.25, 0.3) is 5.70 Å². The molecule has 7 N–H and O–H groups in total. The largest absolute Gasteiger partial charge is 0.484 e. The minimum atomic E-state index is -0.556. The fourth-order valence-electron chi connectivity index (χ4n) is 11.3. The average Bonchev–Trinajstić information content (AvgIpc) is 1.59. The second-order valence-electron chi connectivity index (χ2n) is 26.2. The van der Waals surface area contributed by atoms with E-state index in [2.05, 4.69) is 105 Å². The quantitative estimate of drug-likeness (QED) is 0.00826. The molecule has 2 aliphatic carbocycles. The predicted molar refractivity (Wildman–Crippen MR) is 478 cm³/mol. The lowest BCUT2D eigenvalue weighted by molar-refractivity contribution is -0.385. The number of Topliss-reactive ketones (excluding diaryl/α,β-unsaturated/α-hetero) is 3. The molecule has 2 saturated carbocycles. The first-order valence-corrected chi connectivity index (χ1v) is 40.8. The molecule has 2 atom stereocenters. The number of nitrogens with one attached hydrogen (secondary N) is 7. The first-order chi connectivity index (χ1) is 57.1. The molecule has 2 aliphatic rings. The maximum Gasteiger partial charge on any atom is 0.282 e. The topological polar surface area (TPSA) is 376 Å². The summed E-state index contributed by atoms with van der Waals surface area (Å²) in [6.45, 7) is 7.36. The smallest absolute Gasteiger partial charge is 0.282 e. The number of ketones is 3. The van der Waals surface area contributed by atoms with Crippen LogP contribution in [0.5, 0.6) is 5.75 Å². The Bertz CT molecular complexity index is 5130. The summed E-state index contributed by atoms with van der Waals surface area (Å²) in [5, 5.41) is 53.0. The van der Waals surface area contributed by atoms with E-state index in [4.69, 9.17) is 27.9 Å². The first kappa shape index (κ1) is 94.2. The number of nitrogens with zero attached hydrogens (tertiary/aromatic N) is 3. The van der Waals surface area contributed by atoms with Gasteiger partial charge in [-0.2, -0.15) is 0 Å². The van der Waals surface area contributed by atoms with Crippen LogP contribution in [0.3, 0.4) is 0 Å². The zero-order chi connectivity index (χ0) is 86.2. The number of non-ortho nitro benzene ring substituents is 1. The Morgan fingerprint density at radius 2 is 0.992 bits per heavy atom. The summed E-state index contributed by atoms with van der Waals surface area (Å²) in [5.74, 6) is -1.14. The highest BCUT2D eigenvalue weighted by molar-refractivity contribution is 14.1. The van der Waals surface area contributed by atoms with Gasteiger partial charge in [0.1, 0.15) is 16.9 Å². The van der Waals surface area contributed by atoms with Gasteiger partial charge in [-0.25, -0.2) is 0 Å². The van der Waals surface area contributed by atoms with Gasteiger partial charge in [0.15, 0.2) is 24.0 Å². The van der Waals surface area contributed by atoms with E-state index in [1.165, 1.54) is 48.5 Å². The Balaban J connectivity index is 0.000000198. The van der Waals surface area contributed by atoms with Crippen molar-refractivity contribution in [1.29, 1.82) is 0 Å². The Labute approximate surface area is 732 Å². The summed E-state index contributed by atoms with van der Waals surface area (Å²) in [7, 11) is 0. The van der Waals surface area contributed by atoms with E-state index in [0.29, 0.717) is 89.2 Å². The molecule has 0 aliphatic heterocycles. The number of hydrogen-bond acceptors (Lipinski definition) is 17. The van der Waals surface area contributed by atoms with E-state index >= 15 is 0 Å². The molecule has 0 saturated heterocycles. The molecule has 0 aromatic heterocycles. The third kappa shape index (κ3) is 33.6.